The molecule has 0 bridgehead atoms. The number of carbonyl (C=O) groups excluding carboxylic acids is 1. The third-order valence-electron chi connectivity index (χ3n) is 3.41. The van der Waals surface area contributed by atoms with Gasteiger partial charge in [0, 0.05) is 9.37 Å². The normalized spacial score (nSPS) is 12.0. The summed E-state index contributed by atoms with van der Waals surface area (Å²) in [7, 11) is 0. The van der Waals surface area contributed by atoms with Crippen molar-refractivity contribution < 1.29 is 4.79 Å². The maximum Gasteiger partial charge on any atom is 0.230 e. The van der Waals surface area contributed by atoms with Crippen LogP contribution in [0.15, 0.2) is 57.9 Å². The largest absolute Gasteiger partial charge is 0.349 e. The van der Waals surface area contributed by atoms with Gasteiger partial charge in [-0.05, 0) is 43.2 Å². The van der Waals surface area contributed by atoms with Crippen molar-refractivity contribution in [1.29, 1.82) is 0 Å². The Morgan fingerprint density at radius 2 is 1.77 bits per heavy atom. The van der Waals surface area contributed by atoms with Crippen molar-refractivity contribution in [3.05, 3.63) is 64.1 Å². The molecule has 0 radical (unpaired) electrons. The monoisotopic (exact) mass is 377 g/mol. The van der Waals surface area contributed by atoms with E-state index in [1.807, 2.05) is 24.3 Å². The van der Waals surface area contributed by atoms with Crippen molar-refractivity contribution in [2.24, 2.45) is 0 Å². The number of hydrogen-bond acceptors (Lipinski definition) is 2. The third kappa shape index (κ3) is 5.18. The van der Waals surface area contributed by atoms with Crippen LogP contribution in [-0.4, -0.2) is 11.7 Å². The van der Waals surface area contributed by atoms with Gasteiger partial charge < -0.3 is 5.32 Å². The predicted octanol–water partition coefficient (Wildman–Crippen LogP) is 5.12. The number of hydrogen-bond donors (Lipinski definition) is 1. The lowest BCUT2D eigenvalue weighted by Crippen LogP contribution is -2.29. The Labute approximate surface area is 144 Å². The highest BCUT2D eigenvalue weighted by molar-refractivity contribution is 9.10. The molecule has 0 aromatic heterocycles. The molecule has 1 N–H and O–H groups in total. The maximum absolute atomic E-state index is 12.2. The van der Waals surface area contributed by atoms with Crippen LogP contribution in [0.4, 0.5) is 0 Å². The van der Waals surface area contributed by atoms with Crippen molar-refractivity contribution in [3.63, 3.8) is 0 Å². The van der Waals surface area contributed by atoms with Crippen molar-refractivity contribution in [2.75, 3.05) is 5.75 Å². The van der Waals surface area contributed by atoms with Crippen LogP contribution in [0.2, 0.25) is 0 Å². The summed E-state index contributed by atoms with van der Waals surface area (Å²) in [5.74, 6) is 0.504. The molecule has 0 saturated heterocycles. The van der Waals surface area contributed by atoms with Crippen LogP contribution < -0.4 is 5.32 Å². The molecule has 0 aliphatic carbocycles. The summed E-state index contributed by atoms with van der Waals surface area (Å²) in [5.41, 5.74) is 2.39. The standard InChI is InChI=1S/C18H20BrNOS/c1-3-17(14-6-4-13(2)5-7-14)20-18(21)12-22-16-10-8-15(19)9-11-16/h4-11,17H,3,12H2,1-2H3,(H,20,21)/t17-/m0/s1. The number of halogens is 1. The molecule has 2 aromatic carbocycles. The summed E-state index contributed by atoms with van der Waals surface area (Å²) in [6.07, 6.45) is 0.887. The summed E-state index contributed by atoms with van der Waals surface area (Å²) >= 11 is 4.96. The van der Waals surface area contributed by atoms with Gasteiger partial charge in [-0.1, -0.05) is 52.7 Å². The zero-order chi connectivity index (χ0) is 15.9. The minimum Gasteiger partial charge on any atom is -0.349 e. The molecule has 0 heterocycles. The Bertz CT molecular complexity index is 610. The Hall–Kier alpha value is -1.26. The highest BCUT2D eigenvalue weighted by atomic mass is 79.9. The number of rotatable bonds is 6. The number of carbonyl (C=O) groups is 1. The molecule has 4 heteroatoms. The summed E-state index contributed by atoms with van der Waals surface area (Å²) in [6.45, 7) is 4.16. The molecular formula is C18H20BrNOS. The first kappa shape index (κ1) is 17.1. The maximum atomic E-state index is 12.2. The van der Waals surface area contributed by atoms with Gasteiger partial charge in [0.05, 0.1) is 11.8 Å². The predicted molar refractivity (Wildman–Crippen MR) is 97.2 cm³/mol. The van der Waals surface area contributed by atoms with Gasteiger partial charge in [0.1, 0.15) is 0 Å². The van der Waals surface area contributed by atoms with Crippen LogP contribution in [0.25, 0.3) is 0 Å². The number of nitrogens with one attached hydrogen (secondary N) is 1. The second kappa shape index (κ2) is 8.39. The van der Waals surface area contributed by atoms with E-state index in [4.69, 9.17) is 0 Å². The topological polar surface area (TPSA) is 29.1 Å². The third-order valence-corrected chi connectivity index (χ3v) is 4.95. The van der Waals surface area contributed by atoms with Crippen molar-refractivity contribution in [1.82, 2.24) is 5.32 Å². The lowest BCUT2D eigenvalue weighted by Gasteiger charge is -2.17. The van der Waals surface area contributed by atoms with E-state index in [0.717, 1.165) is 21.4 Å². The zero-order valence-corrected chi connectivity index (χ0v) is 15.2. The molecule has 1 amide bonds. The van der Waals surface area contributed by atoms with Gasteiger partial charge in [0.25, 0.3) is 0 Å². The van der Waals surface area contributed by atoms with Crippen molar-refractivity contribution >= 4 is 33.6 Å². The molecule has 0 fully saturated rings. The quantitative estimate of drug-likeness (QED) is 0.707. The van der Waals surface area contributed by atoms with E-state index in [2.05, 4.69) is 59.4 Å². The lowest BCUT2D eigenvalue weighted by atomic mass is 10.0. The van der Waals surface area contributed by atoms with Gasteiger partial charge in [0.15, 0.2) is 0 Å². The van der Waals surface area contributed by atoms with Crippen LogP contribution >= 0.6 is 27.7 Å². The number of benzene rings is 2. The summed E-state index contributed by atoms with van der Waals surface area (Å²) in [4.78, 5) is 13.3. The molecule has 0 aliphatic rings. The average Bonchev–Trinajstić information content (AvgIpc) is 2.53. The molecule has 0 saturated carbocycles. The van der Waals surface area contributed by atoms with Crippen LogP contribution in [0.1, 0.15) is 30.5 Å². The number of thioether (sulfide) groups is 1. The molecule has 2 nitrogen and oxygen atoms in total. The van der Waals surface area contributed by atoms with Gasteiger partial charge in [0.2, 0.25) is 5.91 Å². The second-order valence-corrected chi connectivity index (χ2v) is 7.15. The first-order valence-corrected chi connectivity index (χ1v) is 9.10. The molecule has 0 spiro atoms. The lowest BCUT2D eigenvalue weighted by molar-refractivity contribution is -0.119. The Morgan fingerprint density at radius 3 is 2.36 bits per heavy atom. The van der Waals surface area contributed by atoms with Gasteiger partial charge >= 0.3 is 0 Å². The molecule has 1 atom stereocenters. The summed E-state index contributed by atoms with van der Waals surface area (Å²) < 4.78 is 1.05. The molecule has 116 valence electrons. The smallest absolute Gasteiger partial charge is 0.230 e. The highest BCUT2D eigenvalue weighted by Gasteiger charge is 2.12. The molecule has 2 aromatic rings. The first-order chi connectivity index (χ1) is 10.6. The van der Waals surface area contributed by atoms with Crippen LogP contribution in [-0.2, 0) is 4.79 Å². The highest BCUT2D eigenvalue weighted by Crippen LogP contribution is 2.21. The number of amides is 1. The number of aryl methyl sites for hydroxylation is 1. The van der Waals surface area contributed by atoms with E-state index < -0.39 is 0 Å². The zero-order valence-electron chi connectivity index (χ0n) is 12.8. The summed E-state index contributed by atoms with van der Waals surface area (Å²) in [6, 6.07) is 16.4. The van der Waals surface area contributed by atoms with E-state index in [-0.39, 0.29) is 11.9 Å². The summed E-state index contributed by atoms with van der Waals surface area (Å²) in [5, 5.41) is 3.12. The van der Waals surface area contributed by atoms with Crippen LogP contribution in [0.5, 0.6) is 0 Å². The molecule has 0 aliphatic heterocycles. The Kier molecular flexibility index (Phi) is 6.52. The molecule has 2 rings (SSSR count). The van der Waals surface area contributed by atoms with Gasteiger partial charge in [-0.15, -0.1) is 11.8 Å². The Morgan fingerprint density at radius 1 is 1.14 bits per heavy atom. The van der Waals surface area contributed by atoms with Crippen LogP contribution in [0, 0.1) is 6.92 Å². The Balaban J connectivity index is 1.89. The first-order valence-electron chi connectivity index (χ1n) is 7.32. The SMILES string of the molecule is CC[C@H](NC(=O)CSc1ccc(Br)cc1)c1ccc(C)cc1. The molecule has 0 unspecified atom stereocenters. The minimum absolute atomic E-state index is 0.0698. The van der Waals surface area contributed by atoms with Gasteiger partial charge in [-0.25, -0.2) is 0 Å². The molecular weight excluding hydrogens is 358 g/mol. The average molecular weight is 378 g/mol. The fourth-order valence-electron chi connectivity index (χ4n) is 2.14. The minimum atomic E-state index is 0.0698. The van der Waals surface area contributed by atoms with Crippen LogP contribution in [0.3, 0.4) is 0 Å². The van der Waals surface area contributed by atoms with Gasteiger partial charge in [-0.2, -0.15) is 0 Å². The second-order valence-electron chi connectivity index (χ2n) is 5.18. The van der Waals surface area contributed by atoms with E-state index in [0.29, 0.717) is 5.75 Å². The van der Waals surface area contributed by atoms with Crippen molar-refractivity contribution in [2.45, 2.75) is 31.2 Å². The van der Waals surface area contributed by atoms with Gasteiger partial charge in [-0.3, -0.25) is 4.79 Å². The fraction of sp³-hybridized carbons (Fsp3) is 0.278. The van der Waals surface area contributed by atoms with E-state index in [1.54, 1.807) is 11.8 Å². The van der Waals surface area contributed by atoms with E-state index in [1.165, 1.54) is 5.56 Å². The van der Waals surface area contributed by atoms with E-state index >= 15 is 0 Å². The fourth-order valence-corrected chi connectivity index (χ4v) is 3.11. The van der Waals surface area contributed by atoms with Crippen molar-refractivity contribution in [3.8, 4) is 0 Å². The molecule has 22 heavy (non-hydrogen) atoms. The van der Waals surface area contributed by atoms with E-state index in [9.17, 15) is 4.79 Å².